The van der Waals surface area contributed by atoms with Crippen LogP contribution in [-0.2, 0) is 11.2 Å². The molecule has 1 nitrogen and oxygen atoms in total. The van der Waals surface area contributed by atoms with Gasteiger partial charge in [-0.25, -0.2) is 8.78 Å². The van der Waals surface area contributed by atoms with E-state index in [0.717, 1.165) is 11.3 Å². The van der Waals surface area contributed by atoms with Crippen LogP contribution in [0.4, 0.5) is 8.78 Å². The van der Waals surface area contributed by atoms with Crippen molar-refractivity contribution in [1.29, 1.82) is 0 Å². The van der Waals surface area contributed by atoms with Gasteiger partial charge < -0.3 is 0 Å². The van der Waals surface area contributed by atoms with Crippen LogP contribution in [0.15, 0.2) is 29.2 Å². The Morgan fingerprint density at radius 1 is 1.37 bits per heavy atom. The Balaban J connectivity index is 1.59. The Kier molecular flexibility index (Phi) is 3.37. The van der Waals surface area contributed by atoms with Crippen molar-refractivity contribution >= 4 is 17.5 Å². The Bertz CT molecular complexity index is 476. The number of fused-ring (bicyclic) bond motifs is 1. The van der Waals surface area contributed by atoms with Crippen LogP contribution in [0.25, 0.3) is 0 Å². The highest BCUT2D eigenvalue weighted by atomic mass is 32.2. The van der Waals surface area contributed by atoms with Gasteiger partial charge in [-0.3, -0.25) is 4.79 Å². The van der Waals surface area contributed by atoms with Crippen molar-refractivity contribution in [3.63, 3.8) is 0 Å². The van der Waals surface area contributed by atoms with E-state index in [1.54, 1.807) is 11.8 Å². The zero-order valence-corrected chi connectivity index (χ0v) is 11.4. The van der Waals surface area contributed by atoms with Gasteiger partial charge in [-0.2, -0.15) is 0 Å². The molecule has 1 aromatic carbocycles. The molecule has 3 rings (SSSR count). The summed E-state index contributed by atoms with van der Waals surface area (Å²) in [6.45, 7) is 0. The minimum atomic E-state index is -2.54. The van der Waals surface area contributed by atoms with Crippen LogP contribution in [0.5, 0.6) is 0 Å². The predicted molar refractivity (Wildman–Crippen MR) is 71.7 cm³/mol. The molecule has 2 aliphatic rings. The van der Waals surface area contributed by atoms with E-state index in [2.05, 4.69) is 0 Å². The molecule has 1 heterocycles. The van der Waals surface area contributed by atoms with E-state index >= 15 is 0 Å². The molecule has 0 amide bonds. The number of halogens is 2. The lowest BCUT2D eigenvalue weighted by atomic mass is 9.97. The first-order chi connectivity index (χ1) is 9.03. The molecule has 0 aromatic heterocycles. The van der Waals surface area contributed by atoms with E-state index in [1.165, 1.54) is 5.56 Å². The van der Waals surface area contributed by atoms with Crippen LogP contribution < -0.4 is 0 Å². The number of hydrogen-bond donors (Lipinski definition) is 0. The molecule has 4 heteroatoms. The van der Waals surface area contributed by atoms with Gasteiger partial charge in [-0.15, -0.1) is 11.8 Å². The van der Waals surface area contributed by atoms with Crippen LogP contribution in [0.2, 0.25) is 0 Å². The number of carbonyl (C=O) groups excluding carboxylic acids is 1. The van der Waals surface area contributed by atoms with Crippen LogP contribution >= 0.6 is 11.8 Å². The molecule has 0 radical (unpaired) electrons. The van der Waals surface area contributed by atoms with Crippen LogP contribution in [0.3, 0.4) is 0 Å². The highest BCUT2D eigenvalue weighted by Gasteiger charge is 2.41. The summed E-state index contributed by atoms with van der Waals surface area (Å²) in [6.07, 6.45) is 1.40. The molecule has 2 atom stereocenters. The van der Waals surface area contributed by atoms with Crippen molar-refractivity contribution in [2.75, 3.05) is 0 Å². The lowest BCUT2D eigenvalue weighted by Gasteiger charge is -2.12. The average Bonchev–Trinajstić information content (AvgIpc) is 2.92. The topological polar surface area (TPSA) is 17.1 Å². The number of benzene rings is 1. The molecular formula is C15H16F2OS. The molecule has 1 aromatic rings. The largest absolute Gasteiger partial charge is 0.298 e. The van der Waals surface area contributed by atoms with Gasteiger partial charge in [-0.1, -0.05) is 18.2 Å². The maximum Gasteiger partial charge on any atom is 0.248 e. The molecule has 1 aliphatic carbocycles. The van der Waals surface area contributed by atoms with E-state index in [0.29, 0.717) is 12.8 Å². The molecule has 1 fully saturated rings. The molecular weight excluding hydrogens is 266 g/mol. The van der Waals surface area contributed by atoms with Gasteiger partial charge in [0.25, 0.3) is 0 Å². The lowest BCUT2D eigenvalue weighted by Crippen LogP contribution is -2.20. The Morgan fingerprint density at radius 3 is 2.84 bits per heavy atom. The lowest BCUT2D eigenvalue weighted by molar-refractivity contribution is -0.119. The third kappa shape index (κ3) is 2.83. The number of rotatable bonds is 3. The summed E-state index contributed by atoms with van der Waals surface area (Å²) in [5, 5.41) is -0.0633. The summed E-state index contributed by atoms with van der Waals surface area (Å²) >= 11 is 1.59. The summed E-state index contributed by atoms with van der Waals surface area (Å²) in [6, 6.07) is 8.01. The number of Topliss-reactive ketones (excluding diaryl/α,β-unsaturated/α-hetero) is 1. The highest BCUT2D eigenvalue weighted by Crippen LogP contribution is 2.43. The second kappa shape index (κ2) is 4.89. The van der Waals surface area contributed by atoms with Gasteiger partial charge in [0.1, 0.15) is 5.78 Å². The van der Waals surface area contributed by atoms with Crippen molar-refractivity contribution < 1.29 is 13.6 Å². The zero-order valence-electron chi connectivity index (χ0n) is 10.6. The fourth-order valence-corrected chi connectivity index (χ4v) is 4.25. The minimum Gasteiger partial charge on any atom is -0.298 e. The second-order valence-corrected chi connectivity index (χ2v) is 6.80. The van der Waals surface area contributed by atoms with Gasteiger partial charge in [0.05, 0.1) is 5.25 Å². The number of ketones is 1. The van der Waals surface area contributed by atoms with Gasteiger partial charge in [0, 0.05) is 24.2 Å². The smallest absolute Gasteiger partial charge is 0.248 e. The predicted octanol–water partition coefficient (Wildman–Crippen LogP) is 4.10. The van der Waals surface area contributed by atoms with Gasteiger partial charge >= 0.3 is 0 Å². The molecule has 1 saturated carbocycles. The minimum absolute atomic E-state index is 0.0526. The molecule has 1 aliphatic heterocycles. The summed E-state index contributed by atoms with van der Waals surface area (Å²) in [4.78, 5) is 13.4. The number of thioether (sulfide) groups is 1. The monoisotopic (exact) mass is 282 g/mol. The molecule has 0 saturated heterocycles. The summed E-state index contributed by atoms with van der Waals surface area (Å²) in [5.74, 6) is -2.52. The van der Waals surface area contributed by atoms with Crippen molar-refractivity contribution in [2.45, 2.75) is 48.2 Å². The standard InChI is InChI=1S/C15H16F2OS/c16-15(17)6-5-10(9-15)7-12(18)14-8-11-3-1-2-4-13(11)19-14/h1-4,10,14H,5-9H2. The van der Waals surface area contributed by atoms with E-state index < -0.39 is 5.92 Å². The van der Waals surface area contributed by atoms with Crippen LogP contribution in [0, 0.1) is 5.92 Å². The Hall–Kier alpha value is -0.900. The summed E-state index contributed by atoms with van der Waals surface area (Å²) in [5.41, 5.74) is 1.21. The van der Waals surface area contributed by atoms with Gasteiger partial charge in [0.2, 0.25) is 5.92 Å². The Morgan fingerprint density at radius 2 is 2.16 bits per heavy atom. The van der Waals surface area contributed by atoms with E-state index in [-0.39, 0.29) is 29.8 Å². The normalized spacial score (nSPS) is 28.3. The third-order valence-electron chi connectivity index (χ3n) is 4.00. The Labute approximate surface area is 115 Å². The molecule has 0 spiro atoms. The van der Waals surface area contributed by atoms with Crippen molar-refractivity contribution in [2.24, 2.45) is 5.92 Å². The van der Waals surface area contributed by atoms with Crippen LogP contribution in [0.1, 0.15) is 31.2 Å². The summed E-state index contributed by atoms with van der Waals surface area (Å²) < 4.78 is 26.2. The van der Waals surface area contributed by atoms with E-state index in [1.807, 2.05) is 24.3 Å². The number of carbonyl (C=O) groups is 1. The quantitative estimate of drug-likeness (QED) is 0.830. The highest BCUT2D eigenvalue weighted by molar-refractivity contribution is 8.01. The SMILES string of the molecule is O=C(CC1CCC(F)(F)C1)C1Cc2ccccc2S1. The molecule has 0 bridgehead atoms. The van der Waals surface area contributed by atoms with Crippen LogP contribution in [-0.4, -0.2) is 17.0 Å². The second-order valence-electron chi connectivity index (χ2n) is 5.55. The molecule has 19 heavy (non-hydrogen) atoms. The summed E-state index contributed by atoms with van der Waals surface area (Å²) in [7, 11) is 0. The number of hydrogen-bond acceptors (Lipinski definition) is 2. The first kappa shape index (κ1) is 13.1. The third-order valence-corrected chi connectivity index (χ3v) is 5.37. The van der Waals surface area contributed by atoms with E-state index in [4.69, 9.17) is 0 Å². The van der Waals surface area contributed by atoms with Crippen molar-refractivity contribution in [3.05, 3.63) is 29.8 Å². The van der Waals surface area contributed by atoms with Crippen molar-refractivity contribution in [1.82, 2.24) is 0 Å². The maximum absolute atomic E-state index is 13.1. The molecule has 2 unspecified atom stereocenters. The first-order valence-electron chi connectivity index (χ1n) is 6.69. The molecule has 102 valence electrons. The van der Waals surface area contributed by atoms with Gasteiger partial charge in [0.15, 0.2) is 0 Å². The van der Waals surface area contributed by atoms with E-state index in [9.17, 15) is 13.6 Å². The fraction of sp³-hybridized carbons (Fsp3) is 0.533. The van der Waals surface area contributed by atoms with Crippen molar-refractivity contribution in [3.8, 4) is 0 Å². The molecule has 0 N–H and O–H groups in total. The number of alkyl halides is 2. The first-order valence-corrected chi connectivity index (χ1v) is 7.56. The zero-order chi connectivity index (χ0) is 13.5. The van der Waals surface area contributed by atoms with Gasteiger partial charge in [-0.05, 0) is 30.4 Å². The maximum atomic E-state index is 13.1. The fourth-order valence-electron chi connectivity index (χ4n) is 2.99. The average molecular weight is 282 g/mol.